The third-order valence-electron chi connectivity index (χ3n) is 4.81. The standard InChI is InChI=1S/C25H30N4O2.HI/c1-4-26-25(28-15-13-19-11-12-23(30-2)24(17-19)31-3)29-18-20-8-7-9-21(16-20)22-10-5-6-14-27-22;/h5-12,14,16-17H,4,13,15,18H2,1-3H3,(H2,26,28,29);1H. The van der Waals surface area contributed by atoms with Crippen LogP contribution >= 0.6 is 24.0 Å². The molecule has 3 aromatic rings. The van der Waals surface area contributed by atoms with Gasteiger partial charge in [-0.3, -0.25) is 4.98 Å². The Labute approximate surface area is 207 Å². The van der Waals surface area contributed by atoms with Gasteiger partial charge in [-0.25, -0.2) is 4.99 Å². The van der Waals surface area contributed by atoms with Gasteiger partial charge in [0, 0.05) is 24.8 Å². The van der Waals surface area contributed by atoms with Crippen LogP contribution < -0.4 is 20.1 Å². The highest BCUT2D eigenvalue weighted by molar-refractivity contribution is 14.0. The van der Waals surface area contributed by atoms with Gasteiger partial charge in [0.1, 0.15) is 0 Å². The van der Waals surface area contributed by atoms with E-state index in [2.05, 4.69) is 46.8 Å². The van der Waals surface area contributed by atoms with Crippen molar-refractivity contribution < 1.29 is 9.47 Å². The quantitative estimate of drug-likeness (QED) is 0.232. The zero-order chi connectivity index (χ0) is 21.9. The van der Waals surface area contributed by atoms with Crippen LogP contribution in [-0.4, -0.2) is 38.3 Å². The number of guanidine groups is 1. The average Bonchev–Trinajstić information content (AvgIpc) is 2.83. The summed E-state index contributed by atoms with van der Waals surface area (Å²) in [6.45, 7) is 4.21. The van der Waals surface area contributed by atoms with E-state index >= 15 is 0 Å². The Balaban J connectivity index is 0.00000363. The predicted octanol–water partition coefficient (Wildman–Crippen LogP) is 4.68. The minimum absolute atomic E-state index is 0. The minimum Gasteiger partial charge on any atom is -0.493 e. The molecule has 0 radical (unpaired) electrons. The summed E-state index contributed by atoms with van der Waals surface area (Å²) in [7, 11) is 3.29. The van der Waals surface area contributed by atoms with Crippen LogP contribution in [0.5, 0.6) is 11.5 Å². The summed E-state index contributed by atoms with van der Waals surface area (Å²) in [5, 5.41) is 6.71. The molecule has 0 aliphatic rings. The van der Waals surface area contributed by atoms with Gasteiger partial charge >= 0.3 is 0 Å². The molecule has 170 valence electrons. The maximum atomic E-state index is 5.39. The zero-order valence-corrected chi connectivity index (χ0v) is 21.1. The molecule has 0 aliphatic carbocycles. The van der Waals surface area contributed by atoms with E-state index in [1.54, 1.807) is 14.2 Å². The Morgan fingerprint density at radius 1 is 0.906 bits per heavy atom. The van der Waals surface area contributed by atoms with Crippen LogP contribution in [0.25, 0.3) is 11.3 Å². The average molecular weight is 546 g/mol. The zero-order valence-electron chi connectivity index (χ0n) is 18.8. The fourth-order valence-corrected chi connectivity index (χ4v) is 3.24. The lowest BCUT2D eigenvalue weighted by Crippen LogP contribution is -2.38. The lowest BCUT2D eigenvalue weighted by molar-refractivity contribution is 0.354. The van der Waals surface area contributed by atoms with Gasteiger partial charge in [0.25, 0.3) is 0 Å². The topological polar surface area (TPSA) is 67.8 Å². The Bertz CT molecular complexity index is 996. The normalized spacial score (nSPS) is 10.8. The highest BCUT2D eigenvalue weighted by atomic mass is 127. The van der Waals surface area contributed by atoms with Crippen molar-refractivity contribution >= 4 is 29.9 Å². The maximum absolute atomic E-state index is 5.39. The number of pyridine rings is 1. The lowest BCUT2D eigenvalue weighted by Gasteiger charge is -2.13. The van der Waals surface area contributed by atoms with E-state index in [0.717, 1.165) is 53.8 Å². The second kappa shape index (κ2) is 13.6. The van der Waals surface area contributed by atoms with Crippen LogP contribution in [0.15, 0.2) is 71.9 Å². The number of aliphatic imine (C=N–C) groups is 1. The molecule has 2 aromatic carbocycles. The van der Waals surface area contributed by atoms with E-state index in [4.69, 9.17) is 14.5 Å². The van der Waals surface area contributed by atoms with Crippen molar-refractivity contribution in [2.45, 2.75) is 19.9 Å². The highest BCUT2D eigenvalue weighted by Gasteiger charge is 2.05. The van der Waals surface area contributed by atoms with Gasteiger partial charge < -0.3 is 20.1 Å². The molecule has 7 heteroatoms. The first-order valence-corrected chi connectivity index (χ1v) is 10.5. The third kappa shape index (κ3) is 7.40. The van der Waals surface area contributed by atoms with Crippen LogP contribution in [0.4, 0.5) is 0 Å². The number of nitrogens with one attached hydrogen (secondary N) is 2. The first-order valence-electron chi connectivity index (χ1n) is 10.5. The molecular formula is C25H31IN4O2. The van der Waals surface area contributed by atoms with E-state index < -0.39 is 0 Å². The number of methoxy groups -OCH3 is 2. The fraction of sp³-hybridized carbons (Fsp3) is 0.280. The van der Waals surface area contributed by atoms with Crippen LogP contribution in [0, 0.1) is 0 Å². The maximum Gasteiger partial charge on any atom is 0.191 e. The molecule has 1 aromatic heterocycles. The number of ether oxygens (including phenoxy) is 2. The van der Waals surface area contributed by atoms with E-state index in [1.165, 1.54) is 5.56 Å². The van der Waals surface area contributed by atoms with Crippen molar-refractivity contribution in [1.82, 2.24) is 15.6 Å². The molecule has 0 saturated heterocycles. The number of halogens is 1. The van der Waals surface area contributed by atoms with E-state index in [1.807, 2.05) is 42.6 Å². The largest absolute Gasteiger partial charge is 0.493 e. The Hall–Kier alpha value is -2.81. The Kier molecular flexibility index (Phi) is 10.8. The van der Waals surface area contributed by atoms with Crippen molar-refractivity contribution in [3.63, 3.8) is 0 Å². The first kappa shape index (κ1) is 25.5. The molecule has 0 unspecified atom stereocenters. The van der Waals surface area contributed by atoms with Crippen molar-refractivity contribution in [2.75, 3.05) is 27.3 Å². The molecule has 0 amide bonds. The Morgan fingerprint density at radius 3 is 2.47 bits per heavy atom. The predicted molar refractivity (Wildman–Crippen MR) is 141 cm³/mol. The molecule has 0 fully saturated rings. The summed E-state index contributed by atoms with van der Waals surface area (Å²) in [4.78, 5) is 9.17. The van der Waals surface area contributed by atoms with E-state index in [-0.39, 0.29) is 24.0 Å². The van der Waals surface area contributed by atoms with Gasteiger partial charge in [0.2, 0.25) is 0 Å². The second-order valence-corrected chi connectivity index (χ2v) is 6.98. The van der Waals surface area contributed by atoms with Crippen LogP contribution in [-0.2, 0) is 13.0 Å². The fourth-order valence-electron chi connectivity index (χ4n) is 3.24. The van der Waals surface area contributed by atoms with Crippen molar-refractivity contribution in [2.24, 2.45) is 4.99 Å². The summed E-state index contributed by atoms with van der Waals surface area (Å²) in [5.41, 5.74) is 4.37. The number of hydrogen-bond acceptors (Lipinski definition) is 4. The lowest BCUT2D eigenvalue weighted by atomic mass is 10.1. The summed E-state index contributed by atoms with van der Waals surface area (Å²) >= 11 is 0. The molecule has 2 N–H and O–H groups in total. The van der Waals surface area contributed by atoms with Crippen LogP contribution in [0.1, 0.15) is 18.1 Å². The van der Waals surface area contributed by atoms with Gasteiger partial charge in [0.05, 0.1) is 26.5 Å². The van der Waals surface area contributed by atoms with Gasteiger partial charge in [-0.2, -0.15) is 0 Å². The number of benzene rings is 2. The van der Waals surface area contributed by atoms with Crippen LogP contribution in [0.3, 0.4) is 0 Å². The third-order valence-corrected chi connectivity index (χ3v) is 4.81. The Morgan fingerprint density at radius 2 is 1.75 bits per heavy atom. The van der Waals surface area contributed by atoms with Crippen LogP contribution in [0.2, 0.25) is 0 Å². The molecule has 0 atom stereocenters. The summed E-state index contributed by atoms with van der Waals surface area (Å²) in [5.74, 6) is 2.28. The molecule has 0 spiro atoms. The molecule has 32 heavy (non-hydrogen) atoms. The molecule has 0 aliphatic heterocycles. The minimum atomic E-state index is 0. The number of aromatic nitrogens is 1. The first-order chi connectivity index (χ1) is 15.2. The van der Waals surface area contributed by atoms with Gasteiger partial charge in [-0.15, -0.1) is 24.0 Å². The molecule has 6 nitrogen and oxygen atoms in total. The van der Waals surface area contributed by atoms with E-state index in [0.29, 0.717) is 6.54 Å². The SMILES string of the molecule is CCNC(=NCc1cccc(-c2ccccn2)c1)NCCc1ccc(OC)c(OC)c1.I. The smallest absolute Gasteiger partial charge is 0.191 e. The van der Waals surface area contributed by atoms with Crippen molar-refractivity contribution in [1.29, 1.82) is 0 Å². The van der Waals surface area contributed by atoms with Gasteiger partial charge in [0.15, 0.2) is 17.5 Å². The van der Waals surface area contributed by atoms with Gasteiger partial charge in [-0.05, 0) is 54.8 Å². The molecule has 3 rings (SSSR count). The number of nitrogens with zero attached hydrogens (tertiary/aromatic N) is 2. The number of hydrogen-bond donors (Lipinski definition) is 2. The molecule has 0 saturated carbocycles. The summed E-state index contributed by atoms with van der Waals surface area (Å²) in [6.07, 6.45) is 2.66. The molecule has 1 heterocycles. The highest BCUT2D eigenvalue weighted by Crippen LogP contribution is 2.27. The van der Waals surface area contributed by atoms with Crippen molar-refractivity contribution in [3.05, 3.63) is 78.0 Å². The van der Waals surface area contributed by atoms with Crippen molar-refractivity contribution in [3.8, 4) is 22.8 Å². The monoisotopic (exact) mass is 546 g/mol. The molecule has 0 bridgehead atoms. The van der Waals surface area contributed by atoms with E-state index in [9.17, 15) is 0 Å². The number of rotatable bonds is 9. The molecular weight excluding hydrogens is 515 g/mol. The summed E-state index contributed by atoms with van der Waals surface area (Å²) < 4.78 is 10.7. The summed E-state index contributed by atoms with van der Waals surface area (Å²) in [6, 6.07) is 20.3. The second-order valence-electron chi connectivity index (χ2n) is 6.98. The van der Waals surface area contributed by atoms with Gasteiger partial charge in [-0.1, -0.05) is 30.3 Å².